The highest BCUT2D eigenvalue weighted by Gasteiger charge is 2.13. The Balaban J connectivity index is 1.82. The lowest BCUT2D eigenvalue weighted by Gasteiger charge is -2.16. The van der Waals surface area contributed by atoms with E-state index in [0.717, 1.165) is 11.4 Å². The van der Waals surface area contributed by atoms with Gasteiger partial charge in [0.25, 0.3) is 5.91 Å². The second-order valence-corrected chi connectivity index (χ2v) is 5.53. The van der Waals surface area contributed by atoms with Crippen LogP contribution in [0.5, 0.6) is 0 Å². The molecule has 0 fully saturated rings. The fraction of sp³-hybridized carbons (Fsp3) is 0.167. The second-order valence-electron chi connectivity index (χ2n) is 5.53. The molecule has 3 rings (SSSR count). The number of hydrogen-bond donors (Lipinski definition) is 1. The molecule has 0 radical (unpaired) electrons. The number of benzene rings is 1. The summed E-state index contributed by atoms with van der Waals surface area (Å²) >= 11 is 0. The number of carbonyl (C=O) groups excluding carboxylic acids is 1. The molecule has 1 N–H and O–H groups in total. The minimum Gasteiger partial charge on any atom is -0.417 e. The topological polar surface area (TPSA) is 75.4 Å². The van der Waals surface area contributed by atoms with Crippen LogP contribution in [-0.4, -0.2) is 25.0 Å². The van der Waals surface area contributed by atoms with Gasteiger partial charge in [-0.25, -0.2) is 4.79 Å². The van der Waals surface area contributed by atoms with E-state index < -0.39 is 11.5 Å². The monoisotopic (exact) mass is 323 g/mol. The molecule has 3 aromatic rings. The van der Waals surface area contributed by atoms with Crippen molar-refractivity contribution in [3.8, 4) is 0 Å². The molecular weight excluding hydrogens is 306 g/mol. The molecule has 0 aliphatic rings. The molecule has 2 heterocycles. The van der Waals surface area contributed by atoms with Crippen molar-refractivity contribution >= 4 is 22.4 Å². The zero-order chi connectivity index (χ0) is 17.1. The van der Waals surface area contributed by atoms with Crippen LogP contribution in [0.1, 0.15) is 16.2 Å². The molecule has 0 bridgehead atoms. The van der Waals surface area contributed by atoms with Gasteiger partial charge in [-0.1, -0.05) is 18.2 Å². The molecule has 1 amide bonds. The van der Waals surface area contributed by atoms with Crippen molar-refractivity contribution < 1.29 is 9.21 Å². The molecule has 6 nitrogen and oxygen atoms in total. The van der Waals surface area contributed by atoms with Crippen molar-refractivity contribution in [1.29, 1.82) is 0 Å². The zero-order valence-corrected chi connectivity index (χ0v) is 13.4. The van der Waals surface area contributed by atoms with Crippen molar-refractivity contribution in [2.75, 3.05) is 19.0 Å². The molecular formula is C18H17N3O3. The van der Waals surface area contributed by atoms with Crippen molar-refractivity contribution in [2.45, 2.75) is 6.54 Å². The van der Waals surface area contributed by atoms with E-state index in [1.165, 1.54) is 0 Å². The first-order chi connectivity index (χ1) is 11.6. The lowest BCUT2D eigenvalue weighted by atomic mass is 10.1. The molecule has 0 saturated carbocycles. The molecule has 24 heavy (non-hydrogen) atoms. The summed E-state index contributed by atoms with van der Waals surface area (Å²) in [6.07, 6.45) is 1.67. The van der Waals surface area contributed by atoms with Gasteiger partial charge in [-0.15, -0.1) is 0 Å². The van der Waals surface area contributed by atoms with Crippen LogP contribution in [0.25, 0.3) is 10.8 Å². The van der Waals surface area contributed by atoms with Crippen molar-refractivity contribution in [1.82, 2.24) is 10.3 Å². The van der Waals surface area contributed by atoms with Gasteiger partial charge in [0, 0.05) is 20.3 Å². The molecule has 0 aliphatic heterocycles. The predicted octanol–water partition coefficient (Wildman–Crippen LogP) is 2.18. The minimum absolute atomic E-state index is 0.0129. The van der Waals surface area contributed by atoms with Gasteiger partial charge in [-0.2, -0.15) is 0 Å². The first kappa shape index (κ1) is 15.7. The maximum Gasteiger partial charge on any atom is 0.344 e. The number of nitrogens with zero attached hydrogens (tertiary/aromatic N) is 2. The average molecular weight is 323 g/mol. The van der Waals surface area contributed by atoms with Crippen LogP contribution < -0.4 is 15.8 Å². The maximum absolute atomic E-state index is 12.3. The number of hydrogen-bond acceptors (Lipinski definition) is 5. The van der Waals surface area contributed by atoms with Gasteiger partial charge in [0.15, 0.2) is 5.76 Å². The quantitative estimate of drug-likeness (QED) is 0.796. The predicted molar refractivity (Wildman–Crippen MR) is 92.2 cm³/mol. The lowest BCUT2D eigenvalue weighted by molar-refractivity contribution is 0.0919. The van der Waals surface area contributed by atoms with Crippen molar-refractivity contribution in [3.63, 3.8) is 0 Å². The fourth-order valence-corrected chi connectivity index (χ4v) is 2.47. The van der Waals surface area contributed by atoms with Crippen LogP contribution in [0.3, 0.4) is 0 Å². The number of carbonyl (C=O) groups is 1. The summed E-state index contributed by atoms with van der Waals surface area (Å²) in [4.78, 5) is 30.5. The summed E-state index contributed by atoms with van der Waals surface area (Å²) in [6.45, 7) is 0.240. The maximum atomic E-state index is 12.3. The van der Waals surface area contributed by atoms with E-state index in [1.807, 2.05) is 31.1 Å². The first-order valence-corrected chi connectivity index (χ1v) is 7.48. The molecule has 1 aromatic carbocycles. The first-order valence-electron chi connectivity index (χ1n) is 7.48. The molecule has 0 unspecified atom stereocenters. The number of fused-ring (bicyclic) bond motifs is 1. The number of rotatable bonds is 4. The highest BCUT2D eigenvalue weighted by atomic mass is 16.4. The number of nitrogens with one attached hydrogen (secondary N) is 1. The third-order valence-corrected chi connectivity index (χ3v) is 3.66. The number of aromatic nitrogens is 1. The van der Waals surface area contributed by atoms with Crippen LogP contribution in [0.4, 0.5) is 5.69 Å². The molecule has 6 heteroatoms. The van der Waals surface area contributed by atoms with Gasteiger partial charge < -0.3 is 14.6 Å². The van der Waals surface area contributed by atoms with Gasteiger partial charge in [-0.05, 0) is 29.7 Å². The largest absolute Gasteiger partial charge is 0.417 e. The third kappa shape index (κ3) is 3.12. The van der Waals surface area contributed by atoms with Crippen molar-refractivity contribution in [2.24, 2.45) is 0 Å². The molecule has 0 atom stereocenters. The van der Waals surface area contributed by atoms with Crippen LogP contribution in [-0.2, 0) is 6.54 Å². The Morgan fingerprint density at radius 1 is 1.21 bits per heavy atom. The van der Waals surface area contributed by atoms with Gasteiger partial charge in [0.2, 0.25) is 0 Å². The normalized spacial score (nSPS) is 10.6. The minimum atomic E-state index is -0.523. The summed E-state index contributed by atoms with van der Waals surface area (Å²) in [5, 5.41) is 3.87. The van der Waals surface area contributed by atoms with E-state index in [9.17, 15) is 9.59 Å². The Kier molecular flexibility index (Phi) is 4.29. The van der Waals surface area contributed by atoms with Gasteiger partial charge >= 0.3 is 5.63 Å². The Hall–Kier alpha value is -3.15. The fourth-order valence-electron chi connectivity index (χ4n) is 2.47. The van der Waals surface area contributed by atoms with Gasteiger partial charge in [-0.3, -0.25) is 9.78 Å². The summed E-state index contributed by atoms with van der Waals surface area (Å²) in [5.74, 6) is -0.464. The van der Waals surface area contributed by atoms with E-state index in [0.29, 0.717) is 10.8 Å². The molecule has 2 aromatic heterocycles. The average Bonchev–Trinajstić information content (AvgIpc) is 2.59. The number of pyridine rings is 1. The summed E-state index contributed by atoms with van der Waals surface area (Å²) in [6, 6.07) is 12.3. The SMILES string of the molecule is CN(C)c1cccnc1CNC(=O)c1cc2ccccc2c(=O)o1. The van der Waals surface area contributed by atoms with E-state index in [-0.39, 0.29) is 12.3 Å². The summed E-state index contributed by atoms with van der Waals surface area (Å²) < 4.78 is 5.12. The van der Waals surface area contributed by atoms with Gasteiger partial charge in [0.05, 0.1) is 23.3 Å². The Bertz CT molecular complexity index is 947. The number of amides is 1. The smallest absolute Gasteiger partial charge is 0.344 e. The van der Waals surface area contributed by atoms with Crippen LogP contribution in [0.2, 0.25) is 0 Å². The molecule has 0 aliphatic carbocycles. The Morgan fingerprint density at radius 3 is 2.79 bits per heavy atom. The summed E-state index contributed by atoms with van der Waals surface area (Å²) in [7, 11) is 3.81. The van der Waals surface area contributed by atoms with Crippen LogP contribution >= 0.6 is 0 Å². The van der Waals surface area contributed by atoms with Gasteiger partial charge in [0.1, 0.15) is 0 Å². The van der Waals surface area contributed by atoms with Crippen LogP contribution in [0.15, 0.2) is 57.9 Å². The third-order valence-electron chi connectivity index (χ3n) is 3.66. The van der Waals surface area contributed by atoms with Crippen LogP contribution in [0, 0.1) is 0 Å². The second kappa shape index (κ2) is 6.54. The lowest BCUT2D eigenvalue weighted by Crippen LogP contribution is -2.25. The molecule has 0 saturated heterocycles. The highest BCUT2D eigenvalue weighted by molar-refractivity contribution is 5.95. The van der Waals surface area contributed by atoms with E-state index >= 15 is 0 Å². The molecule has 122 valence electrons. The number of anilines is 1. The summed E-state index contributed by atoms with van der Waals surface area (Å²) in [5.41, 5.74) is 1.13. The van der Waals surface area contributed by atoms with E-state index in [1.54, 1.807) is 36.5 Å². The van der Waals surface area contributed by atoms with E-state index in [4.69, 9.17) is 4.42 Å². The standard InChI is InChI=1S/C18H17N3O3/c1-21(2)15-8-5-9-19-14(15)11-20-17(22)16-10-12-6-3-4-7-13(12)18(23)24-16/h3-10H,11H2,1-2H3,(H,20,22). The zero-order valence-electron chi connectivity index (χ0n) is 13.4. The van der Waals surface area contributed by atoms with Crippen molar-refractivity contribution in [3.05, 3.63) is 70.5 Å². The molecule has 0 spiro atoms. The van der Waals surface area contributed by atoms with E-state index in [2.05, 4.69) is 10.3 Å². The highest BCUT2D eigenvalue weighted by Crippen LogP contribution is 2.15. The Labute approximate surface area is 138 Å². The Morgan fingerprint density at radius 2 is 2.00 bits per heavy atom.